The van der Waals surface area contributed by atoms with Crippen molar-refractivity contribution in [2.24, 2.45) is 5.92 Å². The van der Waals surface area contributed by atoms with Gasteiger partial charge in [0.15, 0.2) is 0 Å². The maximum Gasteiger partial charge on any atom is 0.303 e. The van der Waals surface area contributed by atoms with Crippen molar-refractivity contribution >= 4 is 5.97 Å². The zero-order valence-electron chi connectivity index (χ0n) is 7.55. The maximum atomic E-state index is 10.2. The van der Waals surface area contributed by atoms with Crippen molar-refractivity contribution in [1.82, 2.24) is 5.32 Å². The number of carbonyl (C=O) groups is 1. The minimum Gasteiger partial charge on any atom is -0.481 e. The summed E-state index contributed by atoms with van der Waals surface area (Å²) >= 11 is 0. The van der Waals surface area contributed by atoms with Crippen LogP contribution in [0.4, 0.5) is 0 Å². The van der Waals surface area contributed by atoms with Crippen molar-refractivity contribution in [3.8, 4) is 0 Å². The van der Waals surface area contributed by atoms with Crippen LogP contribution in [-0.4, -0.2) is 23.7 Å². The molecule has 0 radical (unpaired) electrons. The van der Waals surface area contributed by atoms with Gasteiger partial charge in [-0.25, -0.2) is 0 Å². The van der Waals surface area contributed by atoms with Crippen LogP contribution in [0.3, 0.4) is 0 Å². The smallest absolute Gasteiger partial charge is 0.303 e. The minimum absolute atomic E-state index is 0.287. The van der Waals surface area contributed by atoms with Crippen LogP contribution in [0.25, 0.3) is 0 Å². The highest BCUT2D eigenvalue weighted by atomic mass is 16.4. The minimum atomic E-state index is -0.696. The van der Waals surface area contributed by atoms with Crippen molar-refractivity contribution in [2.75, 3.05) is 6.54 Å². The van der Waals surface area contributed by atoms with Gasteiger partial charge in [0, 0.05) is 12.5 Å². The average Bonchev–Trinajstić information content (AvgIpc) is 1.93. The molecule has 0 saturated heterocycles. The summed E-state index contributed by atoms with van der Waals surface area (Å²) in [6.07, 6.45) is 3.55. The van der Waals surface area contributed by atoms with E-state index in [9.17, 15) is 4.79 Å². The third-order valence-electron chi connectivity index (χ3n) is 2.37. The van der Waals surface area contributed by atoms with Gasteiger partial charge in [-0.05, 0) is 31.7 Å². The van der Waals surface area contributed by atoms with Gasteiger partial charge in [0.2, 0.25) is 0 Å². The molecule has 12 heavy (non-hydrogen) atoms. The largest absolute Gasteiger partial charge is 0.481 e. The summed E-state index contributed by atoms with van der Waals surface area (Å²) in [7, 11) is 0. The van der Waals surface area contributed by atoms with E-state index >= 15 is 0 Å². The lowest BCUT2D eigenvalue weighted by Crippen LogP contribution is -2.40. The maximum absolute atomic E-state index is 10.2. The fourth-order valence-electron chi connectivity index (χ4n) is 1.61. The lowest BCUT2D eigenvalue weighted by Gasteiger charge is -2.33. The third-order valence-corrected chi connectivity index (χ3v) is 2.37. The second-order valence-corrected chi connectivity index (χ2v) is 3.72. The lowest BCUT2D eigenvalue weighted by atomic mass is 9.82. The number of carboxylic acids is 1. The quantitative estimate of drug-likeness (QED) is 0.612. The van der Waals surface area contributed by atoms with Crippen molar-refractivity contribution in [1.29, 1.82) is 0 Å². The van der Waals surface area contributed by atoms with Gasteiger partial charge in [0.1, 0.15) is 0 Å². The molecule has 0 spiro atoms. The Morgan fingerprint density at radius 1 is 1.58 bits per heavy atom. The average molecular weight is 171 g/mol. The number of carboxylic acid groups (broad SMARTS) is 1. The summed E-state index contributed by atoms with van der Waals surface area (Å²) in [6.45, 7) is 3.10. The molecule has 3 nitrogen and oxygen atoms in total. The second-order valence-electron chi connectivity index (χ2n) is 3.72. The predicted octanol–water partition coefficient (Wildman–Crippen LogP) is 1.24. The highest BCUT2D eigenvalue weighted by Crippen LogP contribution is 2.25. The highest BCUT2D eigenvalue weighted by molar-refractivity contribution is 5.66. The topological polar surface area (TPSA) is 49.3 Å². The normalized spacial score (nSPS) is 28.1. The van der Waals surface area contributed by atoms with E-state index in [1.165, 1.54) is 12.8 Å². The van der Waals surface area contributed by atoms with Gasteiger partial charge in [-0.2, -0.15) is 0 Å². The van der Waals surface area contributed by atoms with Crippen LogP contribution in [0, 0.1) is 5.92 Å². The first-order valence-electron chi connectivity index (χ1n) is 4.63. The highest BCUT2D eigenvalue weighted by Gasteiger charge is 2.23. The molecule has 3 heteroatoms. The molecule has 1 saturated carbocycles. The van der Waals surface area contributed by atoms with E-state index < -0.39 is 5.97 Å². The number of nitrogens with one attached hydrogen (secondary N) is 1. The Kier molecular flexibility index (Phi) is 3.53. The second kappa shape index (κ2) is 4.45. The summed E-state index contributed by atoms with van der Waals surface area (Å²) in [4.78, 5) is 10.2. The summed E-state index contributed by atoms with van der Waals surface area (Å²) in [6, 6.07) is 0.661. The summed E-state index contributed by atoms with van der Waals surface area (Å²) in [5.74, 6) is 0.167. The molecule has 0 unspecified atom stereocenters. The van der Waals surface area contributed by atoms with E-state index in [1.807, 2.05) is 0 Å². The fraction of sp³-hybridized carbons (Fsp3) is 0.889. The molecular weight excluding hydrogens is 154 g/mol. The lowest BCUT2D eigenvalue weighted by molar-refractivity contribution is -0.137. The zero-order chi connectivity index (χ0) is 8.97. The number of rotatable bonds is 5. The van der Waals surface area contributed by atoms with Gasteiger partial charge >= 0.3 is 5.97 Å². The van der Waals surface area contributed by atoms with Crippen LogP contribution in [0.2, 0.25) is 0 Å². The van der Waals surface area contributed by atoms with E-state index in [1.54, 1.807) is 0 Å². The molecule has 0 aliphatic heterocycles. The predicted molar refractivity (Wildman–Crippen MR) is 47.1 cm³/mol. The van der Waals surface area contributed by atoms with E-state index in [2.05, 4.69) is 12.2 Å². The van der Waals surface area contributed by atoms with Crippen LogP contribution in [-0.2, 0) is 4.79 Å². The van der Waals surface area contributed by atoms with Crippen LogP contribution >= 0.6 is 0 Å². The Balaban J connectivity index is 1.87. The first-order chi connectivity index (χ1) is 5.68. The molecule has 70 valence electrons. The molecule has 1 aliphatic carbocycles. The van der Waals surface area contributed by atoms with Crippen molar-refractivity contribution in [3.05, 3.63) is 0 Å². The Bertz CT molecular complexity index is 153. The molecule has 1 rings (SSSR count). The molecule has 0 heterocycles. The summed E-state index contributed by atoms with van der Waals surface area (Å²) in [5.41, 5.74) is 0. The van der Waals surface area contributed by atoms with Crippen molar-refractivity contribution in [3.63, 3.8) is 0 Å². The van der Waals surface area contributed by atoms with Gasteiger partial charge < -0.3 is 10.4 Å². The molecule has 0 aromatic heterocycles. The van der Waals surface area contributed by atoms with Gasteiger partial charge in [-0.1, -0.05) is 6.92 Å². The molecule has 0 aromatic rings. The standard InChI is InChI=1S/C9H17NO2/c1-7-5-8(6-7)10-4-2-3-9(11)12/h7-8,10H,2-6H2,1H3,(H,11,12). The zero-order valence-corrected chi connectivity index (χ0v) is 7.55. The van der Waals surface area contributed by atoms with Crippen LogP contribution in [0.1, 0.15) is 32.6 Å². The Hall–Kier alpha value is -0.570. The van der Waals surface area contributed by atoms with Crippen LogP contribution in [0.15, 0.2) is 0 Å². The van der Waals surface area contributed by atoms with E-state index in [0.717, 1.165) is 18.9 Å². The number of hydrogen-bond acceptors (Lipinski definition) is 2. The molecule has 2 N–H and O–H groups in total. The van der Waals surface area contributed by atoms with Crippen LogP contribution < -0.4 is 5.32 Å². The Labute approximate surface area is 73.2 Å². The fourth-order valence-corrected chi connectivity index (χ4v) is 1.61. The molecule has 0 amide bonds. The molecule has 0 bridgehead atoms. The molecule has 0 aromatic carbocycles. The van der Waals surface area contributed by atoms with E-state index in [4.69, 9.17) is 5.11 Å². The number of hydrogen-bond donors (Lipinski definition) is 2. The van der Waals surface area contributed by atoms with Gasteiger partial charge in [-0.15, -0.1) is 0 Å². The van der Waals surface area contributed by atoms with Gasteiger partial charge in [0.25, 0.3) is 0 Å². The Morgan fingerprint density at radius 3 is 2.75 bits per heavy atom. The van der Waals surface area contributed by atoms with Crippen molar-refractivity contribution in [2.45, 2.75) is 38.6 Å². The van der Waals surface area contributed by atoms with Gasteiger partial charge in [0.05, 0.1) is 0 Å². The van der Waals surface area contributed by atoms with Crippen molar-refractivity contribution < 1.29 is 9.90 Å². The molecule has 1 aliphatic rings. The van der Waals surface area contributed by atoms with Gasteiger partial charge in [-0.3, -0.25) is 4.79 Å². The first-order valence-corrected chi connectivity index (χ1v) is 4.63. The number of aliphatic carboxylic acids is 1. The molecule has 0 atom stereocenters. The monoisotopic (exact) mass is 171 g/mol. The summed E-state index contributed by atoms with van der Waals surface area (Å²) in [5, 5.41) is 11.7. The van der Waals surface area contributed by atoms with E-state index in [0.29, 0.717) is 6.04 Å². The van der Waals surface area contributed by atoms with Crippen LogP contribution in [0.5, 0.6) is 0 Å². The Morgan fingerprint density at radius 2 is 2.25 bits per heavy atom. The van der Waals surface area contributed by atoms with E-state index in [-0.39, 0.29) is 6.42 Å². The molecular formula is C9H17NO2. The third kappa shape index (κ3) is 3.22. The molecule has 1 fully saturated rings. The first kappa shape index (κ1) is 9.52. The summed E-state index contributed by atoms with van der Waals surface area (Å²) < 4.78 is 0. The SMILES string of the molecule is CC1CC(NCCCC(=O)O)C1.